The molecule has 21 heavy (non-hydrogen) atoms. The quantitative estimate of drug-likeness (QED) is 0.841. The van der Waals surface area contributed by atoms with Crippen LogP contribution in [0.1, 0.15) is 48.5 Å². The summed E-state index contributed by atoms with van der Waals surface area (Å²) < 4.78 is 14.3. The van der Waals surface area contributed by atoms with Crippen LogP contribution in [0, 0.1) is 5.82 Å². The van der Waals surface area contributed by atoms with Crippen LogP contribution < -0.4 is 0 Å². The van der Waals surface area contributed by atoms with Gasteiger partial charge in [0.05, 0.1) is 6.42 Å². The lowest BCUT2D eigenvalue weighted by atomic mass is 9.96. The molecule has 0 saturated heterocycles. The molecule has 0 atom stereocenters. The third-order valence-corrected chi connectivity index (χ3v) is 3.49. The summed E-state index contributed by atoms with van der Waals surface area (Å²) in [6.45, 7) is 3.85. The summed E-state index contributed by atoms with van der Waals surface area (Å²) in [5, 5.41) is 9.73. The minimum Gasteiger partial charge on any atom is -0.481 e. The summed E-state index contributed by atoms with van der Waals surface area (Å²) in [4.78, 5) is 22.4. The number of rotatable bonds is 5. The number of Topliss-reactive ketones (excluding diaryl/α,β-unsaturated/α-hetero) is 1. The fourth-order valence-corrected chi connectivity index (χ4v) is 2.29. The average molecular weight is 288 g/mol. The Labute approximate surface area is 122 Å². The predicted octanol–water partition coefficient (Wildman–Crippen LogP) is 4.15. The first-order valence-corrected chi connectivity index (χ1v) is 6.87. The smallest absolute Gasteiger partial charge is 0.303 e. The first-order valence-electron chi connectivity index (χ1n) is 6.87. The highest BCUT2D eigenvalue weighted by Gasteiger charge is 2.13. The van der Waals surface area contributed by atoms with Crippen LogP contribution in [-0.2, 0) is 4.79 Å². The molecule has 0 bridgehead atoms. The summed E-state index contributed by atoms with van der Waals surface area (Å²) in [6, 6.07) is 8.28. The van der Waals surface area contributed by atoms with Gasteiger partial charge in [-0.1, -0.05) is 38.1 Å². The zero-order valence-corrected chi connectivity index (χ0v) is 12.0. The van der Waals surface area contributed by atoms with Crippen LogP contribution in [0.3, 0.4) is 0 Å². The Morgan fingerprint density at radius 2 is 1.86 bits per heavy atom. The van der Waals surface area contributed by atoms with E-state index in [1.54, 1.807) is 30.3 Å². The van der Waals surface area contributed by atoms with Crippen molar-refractivity contribution >= 4 is 22.5 Å². The lowest BCUT2D eigenvalue weighted by Gasteiger charge is -2.10. The van der Waals surface area contributed by atoms with Gasteiger partial charge in [0.15, 0.2) is 5.78 Å². The highest BCUT2D eigenvalue weighted by molar-refractivity contribution is 6.01. The van der Waals surface area contributed by atoms with Crippen LogP contribution in [0.4, 0.5) is 4.39 Å². The molecule has 0 aliphatic rings. The summed E-state index contributed by atoms with van der Waals surface area (Å²) in [5.41, 5.74) is 1.06. The Bertz CT molecular complexity index is 704. The van der Waals surface area contributed by atoms with Crippen LogP contribution in [0.5, 0.6) is 0 Å². The maximum absolute atomic E-state index is 14.3. The molecule has 0 saturated carbocycles. The minimum atomic E-state index is -1.00. The predicted molar refractivity (Wildman–Crippen MR) is 79.2 cm³/mol. The van der Waals surface area contributed by atoms with Crippen LogP contribution in [0.2, 0.25) is 0 Å². The molecule has 0 amide bonds. The van der Waals surface area contributed by atoms with Crippen molar-refractivity contribution in [1.29, 1.82) is 0 Å². The molecular weight excluding hydrogens is 271 g/mol. The second-order valence-corrected chi connectivity index (χ2v) is 5.38. The van der Waals surface area contributed by atoms with Gasteiger partial charge in [-0.3, -0.25) is 9.59 Å². The van der Waals surface area contributed by atoms with E-state index in [9.17, 15) is 14.0 Å². The van der Waals surface area contributed by atoms with E-state index in [2.05, 4.69) is 0 Å². The lowest BCUT2D eigenvalue weighted by molar-refractivity contribution is -0.136. The maximum Gasteiger partial charge on any atom is 0.303 e. The normalized spacial score (nSPS) is 11.0. The van der Waals surface area contributed by atoms with E-state index in [1.165, 1.54) is 0 Å². The van der Waals surface area contributed by atoms with Crippen molar-refractivity contribution < 1.29 is 19.1 Å². The first-order chi connectivity index (χ1) is 9.90. The van der Waals surface area contributed by atoms with E-state index < -0.39 is 5.97 Å². The summed E-state index contributed by atoms with van der Waals surface area (Å²) in [6.07, 6.45) is -0.245. The van der Waals surface area contributed by atoms with Crippen molar-refractivity contribution in [3.63, 3.8) is 0 Å². The van der Waals surface area contributed by atoms with Crippen molar-refractivity contribution in [2.45, 2.75) is 32.6 Å². The Morgan fingerprint density at radius 1 is 1.14 bits per heavy atom. The van der Waals surface area contributed by atoms with E-state index in [0.717, 1.165) is 0 Å². The number of hydrogen-bond acceptors (Lipinski definition) is 2. The van der Waals surface area contributed by atoms with E-state index in [0.29, 0.717) is 21.9 Å². The number of carboxylic acids is 1. The third-order valence-electron chi connectivity index (χ3n) is 3.49. The molecule has 0 aromatic heterocycles. The Balaban J connectivity index is 2.37. The number of aliphatic carboxylic acids is 1. The molecule has 0 aliphatic carbocycles. The second-order valence-electron chi connectivity index (χ2n) is 5.38. The molecule has 0 aliphatic heterocycles. The van der Waals surface area contributed by atoms with Gasteiger partial charge in [-0.2, -0.15) is 0 Å². The molecule has 0 spiro atoms. The molecular formula is C17H17FO3. The Morgan fingerprint density at radius 3 is 2.48 bits per heavy atom. The average Bonchev–Trinajstić information content (AvgIpc) is 2.44. The SMILES string of the molecule is CC(C)c1ccc2cc(C(=O)CCC(=O)O)ccc2c1F. The zero-order valence-electron chi connectivity index (χ0n) is 12.0. The fourth-order valence-electron chi connectivity index (χ4n) is 2.29. The number of carbonyl (C=O) groups is 2. The van der Waals surface area contributed by atoms with Crippen molar-refractivity contribution in [2.24, 2.45) is 0 Å². The molecule has 0 unspecified atom stereocenters. The largest absolute Gasteiger partial charge is 0.481 e. The van der Waals surface area contributed by atoms with Crippen LogP contribution in [-0.4, -0.2) is 16.9 Å². The van der Waals surface area contributed by atoms with Gasteiger partial charge in [-0.25, -0.2) is 4.39 Å². The number of ketones is 1. The number of carboxylic acid groups (broad SMARTS) is 1. The summed E-state index contributed by atoms with van der Waals surface area (Å²) in [5.74, 6) is -1.41. The maximum atomic E-state index is 14.3. The molecule has 1 N–H and O–H groups in total. The number of carbonyl (C=O) groups excluding carboxylic acids is 1. The van der Waals surface area contributed by atoms with Gasteiger partial charge < -0.3 is 5.11 Å². The number of hydrogen-bond donors (Lipinski definition) is 1. The number of benzene rings is 2. The lowest BCUT2D eigenvalue weighted by Crippen LogP contribution is -2.04. The van der Waals surface area contributed by atoms with Crippen molar-refractivity contribution in [3.8, 4) is 0 Å². The van der Waals surface area contributed by atoms with Crippen LogP contribution >= 0.6 is 0 Å². The molecule has 0 radical (unpaired) electrons. The van der Waals surface area contributed by atoms with E-state index in [1.807, 2.05) is 13.8 Å². The first kappa shape index (κ1) is 15.2. The van der Waals surface area contributed by atoms with Crippen molar-refractivity contribution in [1.82, 2.24) is 0 Å². The molecule has 2 aromatic rings. The van der Waals surface area contributed by atoms with Gasteiger partial charge in [0.2, 0.25) is 0 Å². The van der Waals surface area contributed by atoms with Gasteiger partial charge >= 0.3 is 5.97 Å². The van der Waals surface area contributed by atoms with Crippen LogP contribution in [0.15, 0.2) is 30.3 Å². The van der Waals surface area contributed by atoms with E-state index in [-0.39, 0.29) is 30.4 Å². The monoisotopic (exact) mass is 288 g/mol. The fraction of sp³-hybridized carbons (Fsp3) is 0.294. The highest BCUT2D eigenvalue weighted by atomic mass is 19.1. The molecule has 0 heterocycles. The summed E-state index contributed by atoms with van der Waals surface area (Å²) in [7, 11) is 0. The standard InChI is InChI=1S/C17H17FO3/c1-10(2)13-5-3-11-9-12(4-6-14(11)17(13)18)15(19)7-8-16(20)21/h3-6,9-10H,7-8H2,1-2H3,(H,20,21). The zero-order chi connectivity index (χ0) is 15.6. The van der Waals surface area contributed by atoms with Gasteiger partial charge in [-0.05, 0) is 22.9 Å². The molecule has 4 heteroatoms. The van der Waals surface area contributed by atoms with Gasteiger partial charge in [-0.15, -0.1) is 0 Å². The third kappa shape index (κ3) is 3.27. The van der Waals surface area contributed by atoms with Crippen LogP contribution in [0.25, 0.3) is 10.8 Å². The summed E-state index contributed by atoms with van der Waals surface area (Å²) >= 11 is 0. The number of halogens is 1. The molecule has 2 rings (SSSR count). The number of fused-ring (bicyclic) bond motifs is 1. The molecule has 110 valence electrons. The Hall–Kier alpha value is -2.23. The molecule has 3 nitrogen and oxygen atoms in total. The Kier molecular flexibility index (Phi) is 4.36. The topological polar surface area (TPSA) is 54.4 Å². The molecule has 2 aromatic carbocycles. The van der Waals surface area contributed by atoms with E-state index in [4.69, 9.17) is 5.11 Å². The second kappa shape index (κ2) is 6.04. The van der Waals surface area contributed by atoms with E-state index >= 15 is 0 Å². The minimum absolute atomic E-state index is 0.0482. The van der Waals surface area contributed by atoms with Crippen molar-refractivity contribution in [2.75, 3.05) is 0 Å². The van der Waals surface area contributed by atoms with Gasteiger partial charge in [0.25, 0.3) is 0 Å². The highest BCUT2D eigenvalue weighted by Crippen LogP contribution is 2.27. The molecule has 0 fully saturated rings. The van der Waals surface area contributed by atoms with Gasteiger partial charge in [0, 0.05) is 17.4 Å². The van der Waals surface area contributed by atoms with Crippen molar-refractivity contribution in [3.05, 3.63) is 47.3 Å². The van der Waals surface area contributed by atoms with Gasteiger partial charge in [0.1, 0.15) is 5.82 Å².